The van der Waals surface area contributed by atoms with Crippen molar-refractivity contribution in [3.63, 3.8) is 0 Å². The number of hydrogen-bond acceptors (Lipinski definition) is 5. The lowest BCUT2D eigenvalue weighted by Crippen LogP contribution is -2.35. The summed E-state index contributed by atoms with van der Waals surface area (Å²) in [5.74, 6) is -2.68. The Morgan fingerprint density at radius 2 is 2.08 bits per heavy atom. The molecule has 2 aromatic heterocycles. The fourth-order valence-corrected chi connectivity index (χ4v) is 3.09. The molecule has 0 unspecified atom stereocenters. The molecule has 0 saturated carbocycles. The third-order valence-electron chi connectivity index (χ3n) is 4.45. The van der Waals surface area contributed by atoms with Crippen LogP contribution in [0.15, 0.2) is 23.0 Å². The van der Waals surface area contributed by atoms with E-state index in [-0.39, 0.29) is 11.0 Å². The number of carboxylic acids is 1. The molecule has 0 radical (unpaired) electrons. The predicted octanol–water partition coefficient (Wildman–Crippen LogP) is 1.41. The molecule has 8 nitrogen and oxygen atoms in total. The number of amides is 1. The molecule has 3 N–H and O–H groups in total. The summed E-state index contributed by atoms with van der Waals surface area (Å²) in [7, 11) is 1.46. The zero-order valence-electron chi connectivity index (χ0n) is 14.3. The highest BCUT2D eigenvalue weighted by molar-refractivity contribution is 6.02. The molecular weight excluding hydrogens is 338 g/mol. The van der Waals surface area contributed by atoms with Crippen LogP contribution in [0.2, 0.25) is 0 Å². The Morgan fingerprint density at radius 1 is 1.31 bits per heavy atom. The van der Waals surface area contributed by atoms with Crippen molar-refractivity contribution >= 4 is 28.5 Å². The van der Waals surface area contributed by atoms with Crippen LogP contribution in [0.5, 0.6) is 5.75 Å². The number of aryl methyl sites for hydroxylation is 1. The lowest BCUT2D eigenvalue weighted by atomic mass is 9.96. The van der Waals surface area contributed by atoms with Crippen LogP contribution in [0.3, 0.4) is 0 Å². The van der Waals surface area contributed by atoms with E-state index in [1.165, 1.54) is 11.6 Å². The average Bonchev–Trinajstić information content (AvgIpc) is 2.65. The molecule has 2 aromatic rings. The van der Waals surface area contributed by atoms with Crippen LogP contribution in [-0.2, 0) is 11.8 Å². The van der Waals surface area contributed by atoms with E-state index in [2.05, 4.69) is 16.4 Å². The van der Waals surface area contributed by atoms with E-state index in [4.69, 9.17) is 5.11 Å². The summed E-state index contributed by atoms with van der Waals surface area (Å²) in [4.78, 5) is 39.7. The van der Waals surface area contributed by atoms with Gasteiger partial charge in [0.05, 0.1) is 11.1 Å². The molecule has 0 fully saturated rings. The molecule has 0 aliphatic heterocycles. The SMILES string of the molecule is Cn1c(=O)c(C(=O)NCC(=O)O)c(O)c2ccc(C3=CCCCC3)nc21. The van der Waals surface area contributed by atoms with Gasteiger partial charge in [0.1, 0.15) is 23.5 Å². The van der Waals surface area contributed by atoms with Crippen LogP contribution in [0.4, 0.5) is 0 Å². The van der Waals surface area contributed by atoms with E-state index in [1.807, 2.05) is 0 Å². The summed E-state index contributed by atoms with van der Waals surface area (Å²) in [5, 5.41) is 21.4. The number of aromatic nitrogens is 2. The Labute approximate surface area is 148 Å². The monoisotopic (exact) mass is 357 g/mol. The van der Waals surface area contributed by atoms with Crippen LogP contribution < -0.4 is 10.9 Å². The number of carbonyl (C=O) groups excluding carboxylic acids is 1. The molecular formula is C18H19N3O5. The van der Waals surface area contributed by atoms with Crippen molar-refractivity contribution in [2.45, 2.75) is 25.7 Å². The minimum absolute atomic E-state index is 0.257. The molecule has 0 saturated heterocycles. The highest BCUT2D eigenvalue weighted by Crippen LogP contribution is 2.29. The fourth-order valence-electron chi connectivity index (χ4n) is 3.09. The van der Waals surface area contributed by atoms with Crippen molar-refractivity contribution in [2.24, 2.45) is 7.05 Å². The highest BCUT2D eigenvalue weighted by Gasteiger charge is 2.22. The molecule has 1 aliphatic carbocycles. The minimum atomic E-state index is -1.25. The minimum Gasteiger partial charge on any atom is -0.506 e. The zero-order chi connectivity index (χ0) is 18.8. The first-order valence-corrected chi connectivity index (χ1v) is 8.32. The number of pyridine rings is 2. The molecule has 3 rings (SSSR count). The Bertz CT molecular complexity index is 990. The molecule has 0 aromatic carbocycles. The summed E-state index contributed by atoms with van der Waals surface area (Å²) in [5.41, 5.74) is 0.891. The van der Waals surface area contributed by atoms with Crippen molar-refractivity contribution in [3.8, 4) is 5.75 Å². The van der Waals surface area contributed by atoms with Gasteiger partial charge in [-0.2, -0.15) is 0 Å². The van der Waals surface area contributed by atoms with E-state index >= 15 is 0 Å². The van der Waals surface area contributed by atoms with Crippen LogP contribution in [-0.4, -0.2) is 38.2 Å². The quantitative estimate of drug-likeness (QED) is 0.761. The third-order valence-corrected chi connectivity index (χ3v) is 4.45. The normalized spacial score (nSPS) is 14.1. The average molecular weight is 357 g/mol. The van der Waals surface area contributed by atoms with Crippen molar-refractivity contribution in [3.05, 3.63) is 39.8 Å². The van der Waals surface area contributed by atoms with Crippen molar-refractivity contribution < 1.29 is 19.8 Å². The van der Waals surface area contributed by atoms with E-state index in [9.17, 15) is 19.5 Å². The van der Waals surface area contributed by atoms with E-state index < -0.39 is 35.3 Å². The maximum absolute atomic E-state index is 12.5. The summed E-state index contributed by atoms with van der Waals surface area (Å²) < 4.78 is 1.19. The summed E-state index contributed by atoms with van der Waals surface area (Å²) in [6.07, 6.45) is 6.25. The number of hydrogen-bond donors (Lipinski definition) is 3. The number of aliphatic carboxylic acids is 1. The number of nitrogens with one attached hydrogen (secondary N) is 1. The summed E-state index contributed by atoms with van der Waals surface area (Å²) in [6, 6.07) is 3.37. The van der Waals surface area contributed by atoms with Crippen molar-refractivity contribution in [2.75, 3.05) is 6.54 Å². The topological polar surface area (TPSA) is 122 Å². The molecule has 136 valence electrons. The highest BCUT2D eigenvalue weighted by atomic mass is 16.4. The van der Waals surface area contributed by atoms with Gasteiger partial charge >= 0.3 is 5.97 Å². The van der Waals surface area contributed by atoms with Gasteiger partial charge in [-0.1, -0.05) is 6.08 Å². The standard InChI is InChI=1S/C18H19N3O5/c1-21-16-11(7-8-12(20-16)10-5-3-2-4-6-10)15(24)14(18(21)26)17(25)19-9-13(22)23/h5,7-8,24H,2-4,6,9H2,1H3,(H,19,25)(H,22,23). The van der Waals surface area contributed by atoms with Crippen LogP contribution in [0.25, 0.3) is 16.6 Å². The molecule has 0 spiro atoms. The molecule has 0 bridgehead atoms. The van der Waals surface area contributed by atoms with Gasteiger partial charge in [-0.15, -0.1) is 0 Å². The Kier molecular flexibility index (Phi) is 4.75. The number of nitrogens with zero attached hydrogens (tertiary/aromatic N) is 2. The van der Waals surface area contributed by atoms with E-state index in [1.54, 1.807) is 12.1 Å². The molecule has 1 amide bonds. The molecule has 8 heteroatoms. The van der Waals surface area contributed by atoms with E-state index in [0.717, 1.165) is 37.0 Å². The first-order valence-electron chi connectivity index (χ1n) is 8.32. The van der Waals surface area contributed by atoms with Crippen LogP contribution >= 0.6 is 0 Å². The lowest BCUT2D eigenvalue weighted by Gasteiger charge is -2.15. The van der Waals surface area contributed by atoms with Gasteiger partial charge < -0.3 is 15.5 Å². The maximum Gasteiger partial charge on any atom is 0.322 e. The lowest BCUT2D eigenvalue weighted by molar-refractivity contribution is -0.135. The fraction of sp³-hybridized carbons (Fsp3) is 0.333. The maximum atomic E-state index is 12.5. The summed E-state index contributed by atoms with van der Waals surface area (Å²) in [6.45, 7) is -0.648. The van der Waals surface area contributed by atoms with Gasteiger partial charge in [-0.3, -0.25) is 19.0 Å². The number of fused-ring (bicyclic) bond motifs is 1. The molecule has 2 heterocycles. The Morgan fingerprint density at radius 3 is 2.73 bits per heavy atom. The first-order chi connectivity index (χ1) is 12.4. The largest absolute Gasteiger partial charge is 0.506 e. The van der Waals surface area contributed by atoms with Gasteiger partial charge in [0.25, 0.3) is 11.5 Å². The van der Waals surface area contributed by atoms with Gasteiger partial charge in [-0.05, 0) is 43.4 Å². The number of allylic oxidation sites excluding steroid dienone is 2. The zero-order valence-corrected chi connectivity index (χ0v) is 14.3. The second-order valence-electron chi connectivity index (χ2n) is 6.21. The number of carbonyl (C=O) groups is 2. The number of rotatable bonds is 4. The first kappa shape index (κ1) is 17.7. The van der Waals surface area contributed by atoms with Crippen molar-refractivity contribution in [1.82, 2.24) is 14.9 Å². The van der Waals surface area contributed by atoms with Gasteiger partial charge in [0, 0.05) is 7.05 Å². The second kappa shape index (κ2) is 6.99. The Hall–Kier alpha value is -3.16. The van der Waals surface area contributed by atoms with Crippen LogP contribution in [0.1, 0.15) is 41.7 Å². The van der Waals surface area contributed by atoms with Gasteiger partial charge in [0.2, 0.25) is 0 Å². The second-order valence-corrected chi connectivity index (χ2v) is 6.21. The molecule has 0 atom stereocenters. The third kappa shape index (κ3) is 3.17. The van der Waals surface area contributed by atoms with Crippen molar-refractivity contribution in [1.29, 1.82) is 0 Å². The van der Waals surface area contributed by atoms with Gasteiger partial charge in [0.15, 0.2) is 0 Å². The van der Waals surface area contributed by atoms with E-state index in [0.29, 0.717) is 0 Å². The molecule has 1 aliphatic rings. The Balaban J connectivity index is 2.11. The predicted molar refractivity (Wildman–Crippen MR) is 95.1 cm³/mol. The van der Waals surface area contributed by atoms with Gasteiger partial charge in [-0.25, -0.2) is 4.98 Å². The van der Waals surface area contributed by atoms with Crippen LogP contribution in [0, 0.1) is 0 Å². The number of carboxylic acid groups (broad SMARTS) is 1. The number of aromatic hydroxyl groups is 1. The molecule has 26 heavy (non-hydrogen) atoms. The smallest absolute Gasteiger partial charge is 0.322 e. The summed E-state index contributed by atoms with van der Waals surface area (Å²) >= 11 is 0.